The molecule has 4 heteroatoms. The fourth-order valence-corrected chi connectivity index (χ4v) is 3.62. The number of carbonyl (C=O) groups is 1. The number of nitrogens with one attached hydrogen (secondary N) is 2. The number of amides is 2. The van der Waals surface area contributed by atoms with Gasteiger partial charge in [0.1, 0.15) is 5.75 Å². The number of aromatic hydroxyl groups is 1. The molecule has 0 aliphatic carbocycles. The van der Waals surface area contributed by atoms with E-state index in [1.807, 2.05) is 0 Å². The minimum absolute atomic E-state index is 0.0880. The molecule has 0 bridgehead atoms. The Morgan fingerprint density at radius 3 is 1.66 bits per heavy atom. The summed E-state index contributed by atoms with van der Waals surface area (Å²) >= 11 is 0. The summed E-state index contributed by atoms with van der Waals surface area (Å²) < 4.78 is 0. The lowest BCUT2D eigenvalue weighted by atomic mass is 10.0. The first kappa shape index (κ1) is 25.3. The zero-order valence-corrected chi connectivity index (χ0v) is 18.7. The summed E-state index contributed by atoms with van der Waals surface area (Å²) in [5.41, 5.74) is 0.442. The van der Waals surface area contributed by atoms with Crippen LogP contribution in [0.25, 0.3) is 0 Å². The first-order valence-corrected chi connectivity index (χ1v) is 12.1. The van der Waals surface area contributed by atoms with Crippen molar-refractivity contribution in [3.8, 4) is 5.75 Å². The quantitative estimate of drug-likeness (QED) is 0.173. The van der Waals surface area contributed by atoms with E-state index in [0.29, 0.717) is 12.2 Å². The number of para-hydroxylation sites is 2. The SMILES string of the molecule is CCCCCCCCCCCCCCCCCCNC(=O)Nc1ccccc1O. The van der Waals surface area contributed by atoms with Gasteiger partial charge in [-0.1, -0.05) is 115 Å². The van der Waals surface area contributed by atoms with Crippen LogP contribution in [-0.2, 0) is 0 Å². The molecule has 0 aromatic heterocycles. The summed E-state index contributed by atoms with van der Waals surface area (Å²) in [5.74, 6) is 0.0880. The van der Waals surface area contributed by atoms with Crippen LogP contribution in [0.15, 0.2) is 24.3 Å². The smallest absolute Gasteiger partial charge is 0.319 e. The molecule has 166 valence electrons. The molecule has 0 aliphatic heterocycles. The van der Waals surface area contributed by atoms with Crippen LogP contribution in [0.3, 0.4) is 0 Å². The zero-order chi connectivity index (χ0) is 21.0. The van der Waals surface area contributed by atoms with Crippen LogP contribution in [-0.4, -0.2) is 17.7 Å². The van der Waals surface area contributed by atoms with E-state index in [4.69, 9.17) is 0 Å². The molecule has 0 aliphatic rings. The Balaban J connectivity index is 1.79. The second-order valence-corrected chi connectivity index (χ2v) is 8.20. The van der Waals surface area contributed by atoms with E-state index in [2.05, 4.69) is 17.6 Å². The predicted octanol–water partition coefficient (Wildman–Crippen LogP) is 7.78. The van der Waals surface area contributed by atoms with Gasteiger partial charge in [0.25, 0.3) is 0 Å². The van der Waals surface area contributed by atoms with E-state index in [-0.39, 0.29) is 11.8 Å². The highest BCUT2D eigenvalue weighted by molar-refractivity contribution is 5.90. The van der Waals surface area contributed by atoms with Crippen LogP contribution in [0.4, 0.5) is 10.5 Å². The fraction of sp³-hybridized carbons (Fsp3) is 0.720. The van der Waals surface area contributed by atoms with Gasteiger partial charge < -0.3 is 15.7 Å². The molecule has 0 radical (unpaired) electrons. The number of benzene rings is 1. The van der Waals surface area contributed by atoms with E-state index >= 15 is 0 Å². The van der Waals surface area contributed by atoms with Gasteiger partial charge in [0, 0.05) is 6.54 Å². The van der Waals surface area contributed by atoms with Crippen LogP contribution in [0.2, 0.25) is 0 Å². The van der Waals surface area contributed by atoms with Gasteiger partial charge in [0.2, 0.25) is 0 Å². The first-order valence-electron chi connectivity index (χ1n) is 12.1. The second kappa shape index (κ2) is 18.3. The minimum atomic E-state index is -0.257. The highest BCUT2D eigenvalue weighted by Gasteiger charge is 2.04. The maximum Gasteiger partial charge on any atom is 0.319 e. The summed E-state index contributed by atoms with van der Waals surface area (Å²) in [6.07, 6.45) is 21.6. The molecule has 0 spiro atoms. The fourth-order valence-electron chi connectivity index (χ4n) is 3.62. The lowest BCUT2D eigenvalue weighted by Crippen LogP contribution is -2.29. The van der Waals surface area contributed by atoms with Crippen LogP contribution in [0.5, 0.6) is 5.75 Å². The number of rotatable bonds is 18. The zero-order valence-electron chi connectivity index (χ0n) is 18.7. The maximum atomic E-state index is 11.8. The Morgan fingerprint density at radius 1 is 0.724 bits per heavy atom. The standard InChI is InChI=1S/C25H44N2O2/c1-2-3-4-5-6-7-8-9-10-11-12-13-14-15-16-19-22-26-25(29)27-23-20-17-18-21-24(23)28/h17-18,20-21,28H,2-16,19,22H2,1H3,(H2,26,27,29). The molecule has 0 fully saturated rings. The Labute approximate surface area is 178 Å². The van der Waals surface area contributed by atoms with Gasteiger partial charge in [0.15, 0.2) is 0 Å². The lowest BCUT2D eigenvalue weighted by Gasteiger charge is -2.08. The minimum Gasteiger partial charge on any atom is -0.506 e. The first-order chi connectivity index (χ1) is 14.2. The van der Waals surface area contributed by atoms with Crippen molar-refractivity contribution in [3.63, 3.8) is 0 Å². The van der Waals surface area contributed by atoms with E-state index in [1.54, 1.807) is 24.3 Å². The predicted molar refractivity (Wildman–Crippen MR) is 125 cm³/mol. The number of urea groups is 1. The third-order valence-corrected chi connectivity index (χ3v) is 5.47. The molecule has 0 heterocycles. The van der Waals surface area contributed by atoms with E-state index < -0.39 is 0 Å². The Morgan fingerprint density at radius 2 is 1.17 bits per heavy atom. The average Bonchev–Trinajstić information content (AvgIpc) is 2.72. The number of unbranched alkanes of at least 4 members (excludes halogenated alkanes) is 15. The van der Waals surface area contributed by atoms with Crippen molar-refractivity contribution in [2.45, 2.75) is 110 Å². The number of phenolic OH excluding ortho intramolecular Hbond substituents is 1. The molecule has 2 amide bonds. The molecule has 4 nitrogen and oxygen atoms in total. The second-order valence-electron chi connectivity index (χ2n) is 8.20. The van der Waals surface area contributed by atoms with Crippen molar-refractivity contribution < 1.29 is 9.90 Å². The topological polar surface area (TPSA) is 61.4 Å². The summed E-state index contributed by atoms with van der Waals surface area (Å²) in [4.78, 5) is 11.8. The van der Waals surface area contributed by atoms with Gasteiger partial charge in [-0.05, 0) is 18.6 Å². The van der Waals surface area contributed by atoms with Gasteiger partial charge in [-0.2, -0.15) is 0 Å². The number of hydrogen-bond acceptors (Lipinski definition) is 2. The van der Waals surface area contributed by atoms with E-state index in [1.165, 1.54) is 89.9 Å². The summed E-state index contributed by atoms with van der Waals surface area (Å²) in [5, 5.41) is 15.1. The molecular weight excluding hydrogens is 360 g/mol. The lowest BCUT2D eigenvalue weighted by molar-refractivity contribution is 0.251. The third-order valence-electron chi connectivity index (χ3n) is 5.47. The Kier molecular flexibility index (Phi) is 16.0. The van der Waals surface area contributed by atoms with Crippen molar-refractivity contribution in [1.29, 1.82) is 0 Å². The van der Waals surface area contributed by atoms with Crippen LogP contribution in [0.1, 0.15) is 110 Å². The van der Waals surface area contributed by atoms with Crippen molar-refractivity contribution in [3.05, 3.63) is 24.3 Å². The summed E-state index contributed by atoms with van der Waals surface area (Å²) in [6, 6.07) is 6.50. The number of hydrogen-bond donors (Lipinski definition) is 3. The Hall–Kier alpha value is -1.71. The average molecular weight is 405 g/mol. The van der Waals surface area contributed by atoms with Crippen molar-refractivity contribution in [1.82, 2.24) is 5.32 Å². The monoisotopic (exact) mass is 404 g/mol. The molecule has 0 atom stereocenters. The normalized spacial score (nSPS) is 10.8. The molecule has 1 rings (SSSR count). The summed E-state index contributed by atoms with van der Waals surface area (Å²) in [7, 11) is 0. The molecule has 1 aromatic rings. The van der Waals surface area contributed by atoms with E-state index in [9.17, 15) is 9.90 Å². The van der Waals surface area contributed by atoms with Gasteiger partial charge in [-0.3, -0.25) is 0 Å². The van der Waals surface area contributed by atoms with Gasteiger partial charge in [0.05, 0.1) is 5.69 Å². The van der Waals surface area contributed by atoms with Crippen molar-refractivity contribution >= 4 is 11.7 Å². The number of anilines is 1. The van der Waals surface area contributed by atoms with E-state index in [0.717, 1.165) is 12.8 Å². The molecule has 3 N–H and O–H groups in total. The van der Waals surface area contributed by atoms with Gasteiger partial charge in [-0.25, -0.2) is 4.79 Å². The Bertz CT molecular complexity index is 519. The molecule has 1 aromatic carbocycles. The summed E-state index contributed by atoms with van der Waals surface area (Å²) in [6.45, 7) is 2.96. The molecule has 29 heavy (non-hydrogen) atoms. The number of carbonyl (C=O) groups excluding carboxylic acids is 1. The van der Waals surface area contributed by atoms with Crippen LogP contribution in [0, 0.1) is 0 Å². The van der Waals surface area contributed by atoms with Crippen LogP contribution < -0.4 is 10.6 Å². The molecule has 0 saturated heterocycles. The molecule has 0 unspecified atom stereocenters. The highest BCUT2D eigenvalue weighted by atomic mass is 16.3. The molecule has 0 saturated carbocycles. The van der Waals surface area contributed by atoms with Gasteiger partial charge in [-0.15, -0.1) is 0 Å². The maximum absolute atomic E-state index is 11.8. The largest absolute Gasteiger partial charge is 0.506 e. The van der Waals surface area contributed by atoms with Crippen molar-refractivity contribution in [2.24, 2.45) is 0 Å². The third kappa shape index (κ3) is 14.9. The highest BCUT2D eigenvalue weighted by Crippen LogP contribution is 2.21. The van der Waals surface area contributed by atoms with Gasteiger partial charge >= 0.3 is 6.03 Å². The van der Waals surface area contributed by atoms with Crippen LogP contribution >= 0.6 is 0 Å². The number of phenols is 1. The van der Waals surface area contributed by atoms with Crippen molar-refractivity contribution in [2.75, 3.05) is 11.9 Å². The molecular formula is C25H44N2O2.